The smallest absolute Gasteiger partial charge is 0.326 e. The van der Waals surface area contributed by atoms with E-state index >= 15 is 0 Å². The number of hydrogen-bond acceptors (Lipinski definition) is 3. The molecule has 1 N–H and O–H groups in total. The number of carbonyl (C=O) groups excluding carboxylic acids is 1. The average molecular weight is 305 g/mol. The largest absolute Gasteiger partial charge is 0.480 e. The number of aromatic nitrogens is 2. The van der Waals surface area contributed by atoms with Crippen LogP contribution in [0, 0.1) is 5.92 Å². The van der Waals surface area contributed by atoms with Crippen molar-refractivity contribution in [1.29, 1.82) is 0 Å². The van der Waals surface area contributed by atoms with E-state index in [9.17, 15) is 14.7 Å². The molecule has 6 nitrogen and oxygen atoms in total. The molecule has 1 aromatic heterocycles. The highest BCUT2D eigenvalue weighted by Gasteiger charge is 2.48. The second kappa shape index (κ2) is 5.74. The maximum absolute atomic E-state index is 13.0. The molecule has 1 aliphatic carbocycles. The van der Waals surface area contributed by atoms with E-state index in [-0.39, 0.29) is 11.9 Å². The molecular formula is C16H23N3O3. The third-order valence-corrected chi connectivity index (χ3v) is 5.08. The minimum atomic E-state index is -0.885. The van der Waals surface area contributed by atoms with Crippen LogP contribution in [-0.4, -0.2) is 43.7 Å². The first-order chi connectivity index (χ1) is 10.5. The van der Waals surface area contributed by atoms with Crippen LogP contribution in [0.3, 0.4) is 0 Å². The van der Waals surface area contributed by atoms with Gasteiger partial charge in [-0.15, -0.1) is 0 Å². The molecule has 2 fully saturated rings. The molecule has 22 heavy (non-hydrogen) atoms. The van der Waals surface area contributed by atoms with E-state index in [1.807, 2.05) is 6.92 Å². The summed E-state index contributed by atoms with van der Waals surface area (Å²) in [5, 5.41) is 13.9. The summed E-state index contributed by atoms with van der Waals surface area (Å²) in [5.74, 6) is -0.711. The Morgan fingerprint density at radius 1 is 1.36 bits per heavy atom. The number of carboxylic acids is 1. The Morgan fingerprint density at radius 2 is 2.09 bits per heavy atom. The second-order valence-corrected chi connectivity index (χ2v) is 6.43. The summed E-state index contributed by atoms with van der Waals surface area (Å²) < 4.78 is 1.64. The predicted molar refractivity (Wildman–Crippen MR) is 80.5 cm³/mol. The van der Waals surface area contributed by atoms with Gasteiger partial charge in [0.25, 0.3) is 5.91 Å². The molecule has 0 spiro atoms. The number of carbonyl (C=O) groups is 2. The van der Waals surface area contributed by atoms with E-state index in [0.29, 0.717) is 24.3 Å². The van der Waals surface area contributed by atoms with E-state index in [1.54, 1.807) is 22.8 Å². The Morgan fingerprint density at radius 3 is 2.77 bits per heavy atom. The monoisotopic (exact) mass is 305 g/mol. The van der Waals surface area contributed by atoms with Crippen LogP contribution >= 0.6 is 0 Å². The van der Waals surface area contributed by atoms with Gasteiger partial charge in [0.15, 0.2) is 0 Å². The third-order valence-electron chi connectivity index (χ3n) is 5.08. The first-order valence-electron chi connectivity index (χ1n) is 8.11. The fourth-order valence-corrected chi connectivity index (χ4v) is 4.09. The molecular weight excluding hydrogens is 282 g/mol. The fraction of sp³-hybridized carbons (Fsp3) is 0.688. The summed E-state index contributed by atoms with van der Waals surface area (Å²) in [6.07, 6.45) is 7.15. The summed E-state index contributed by atoms with van der Waals surface area (Å²) in [6, 6.07) is -0.613. The number of likely N-dealkylation sites (tertiary alicyclic amines) is 1. The lowest BCUT2D eigenvalue weighted by Crippen LogP contribution is -2.46. The molecule has 1 aliphatic heterocycles. The quantitative estimate of drug-likeness (QED) is 0.924. The molecule has 3 atom stereocenters. The number of nitrogens with zero attached hydrogens (tertiary/aromatic N) is 3. The van der Waals surface area contributed by atoms with Crippen molar-refractivity contribution in [2.24, 2.45) is 13.0 Å². The normalized spacial score (nSPS) is 27.7. The Kier molecular flexibility index (Phi) is 3.93. The zero-order chi connectivity index (χ0) is 15.9. The Labute approximate surface area is 130 Å². The molecule has 6 heteroatoms. The van der Waals surface area contributed by atoms with E-state index < -0.39 is 12.0 Å². The minimum absolute atomic E-state index is 0.0762. The highest BCUT2D eigenvalue weighted by atomic mass is 16.4. The highest BCUT2D eigenvalue weighted by molar-refractivity contribution is 5.98. The van der Waals surface area contributed by atoms with Gasteiger partial charge in [-0.25, -0.2) is 4.79 Å². The lowest BCUT2D eigenvalue weighted by molar-refractivity contribution is -0.141. The van der Waals surface area contributed by atoms with Crippen LogP contribution in [0.15, 0.2) is 6.20 Å². The summed E-state index contributed by atoms with van der Waals surface area (Å²) in [5.41, 5.74) is 1.30. The summed E-state index contributed by atoms with van der Waals surface area (Å²) >= 11 is 0. The SMILES string of the molecule is CCc1nn(C)cc1C(=O)N1C(C(=O)O)CC2CCCCC21. The van der Waals surface area contributed by atoms with Crippen molar-refractivity contribution in [3.05, 3.63) is 17.5 Å². The topological polar surface area (TPSA) is 75.4 Å². The van der Waals surface area contributed by atoms with Gasteiger partial charge in [-0.2, -0.15) is 5.10 Å². The number of aliphatic carboxylic acids is 1. The molecule has 120 valence electrons. The zero-order valence-electron chi connectivity index (χ0n) is 13.2. The number of carboxylic acid groups (broad SMARTS) is 1. The highest BCUT2D eigenvalue weighted by Crippen LogP contribution is 2.40. The summed E-state index contributed by atoms with van der Waals surface area (Å²) in [7, 11) is 1.79. The number of aryl methyl sites for hydroxylation is 2. The number of amides is 1. The van der Waals surface area contributed by atoms with Crippen LogP contribution in [0.25, 0.3) is 0 Å². The van der Waals surface area contributed by atoms with Gasteiger partial charge in [-0.3, -0.25) is 9.48 Å². The van der Waals surface area contributed by atoms with Gasteiger partial charge < -0.3 is 10.0 Å². The zero-order valence-corrected chi connectivity index (χ0v) is 13.2. The molecule has 0 aromatic carbocycles. The van der Waals surface area contributed by atoms with Crippen molar-refractivity contribution < 1.29 is 14.7 Å². The Balaban J connectivity index is 1.95. The third kappa shape index (κ3) is 2.40. The van der Waals surface area contributed by atoms with Gasteiger partial charge in [0.05, 0.1) is 11.3 Å². The van der Waals surface area contributed by atoms with Crippen molar-refractivity contribution in [2.45, 2.75) is 57.5 Å². The van der Waals surface area contributed by atoms with Crippen molar-refractivity contribution in [3.63, 3.8) is 0 Å². The molecule has 3 unspecified atom stereocenters. The lowest BCUT2D eigenvalue weighted by atomic mass is 9.84. The van der Waals surface area contributed by atoms with E-state index in [2.05, 4.69) is 5.10 Å². The molecule has 1 saturated heterocycles. The molecule has 3 rings (SSSR count). The van der Waals surface area contributed by atoms with Gasteiger partial charge in [-0.05, 0) is 31.6 Å². The van der Waals surface area contributed by atoms with Crippen molar-refractivity contribution in [2.75, 3.05) is 0 Å². The number of rotatable bonds is 3. The average Bonchev–Trinajstić information content (AvgIpc) is 3.07. The number of hydrogen-bond donors (Lipinski definition) is 1. The van der Waals surface area contributed by atoms with E-state index in [4.69, 9.17) is 0 Å². The van der Waals surface area contributed by atoms with Gasteiger partial charge in [0.1, 0.15) is 6.04 Å². The van der Waals surface area contributed by atoms with Crippen molar-refractivity contribution in [3.8, 4) is 0 Å². The maximum atomic E-state index is 13.0. The molecule has 1 aromatic rings. The molecule has 2 heterocycles. The van der Waals surface area contributed by atoms with Crippen LogP contribution in [0.5, 0.6) is 0 Å². The molecule has 1 saturated carbocycles. The van der Waals surface area contributed by atoms with Crippen LogP contribution in [-0.2, 0) is 18.3 Å². The van der Waals surface area contributed by atoms with Crippen LogP contribution in [0.4, 0.5) is 0 Å². The first-order valence-corrected chi connectivity index (χ1v) is 8.11. The molecule has 0 radical (unpaired) electrons. The lowest BCUT2D eigenvalue weighted by Gasteiger charge is -2.32. The fourth-order valence-electron chi connectivity index (χ4n) is 4.09. The van der Waals surface area contributed by atoms with Crippen LogP contribution < -0.4 is 0 Å². The number of fused-ring (bicyclic) bond motifs is 1. The molecule has 1 amide bonds. The van der Waals surface area contributed by atoms with Crippen molar-refractivity contribution >= 4 is 11.9 Å². The van der Waals surface area contributed by atoms with Gasteiger partial charge in [-0.1, -0.05) is 19.8 Å². The summed E-state index contributed by atoms with van der Waals surface area (Å²) in [4.78, 5) is 26.3. The molecule has 2 aliphatic rings. The Bertz CT molecular complexity index is 595. The first kappa shape index (κ1) is 15.1. The molecule has 0 bridgehead atoms. The minimum Gasteiger partial charge on any atom is -0.480 e. The van der Waals surface area contributed by atoms with Gasteiger partial charge >= 0.3 is 5.97 Å². The standard InChI is InChI=1S/C16H23N3O3/c1-3-12-11(9-18(2)17-12)15(20)19-13-7-5-4-6-10(13)8-14(19)16(21)22/h9-10,13-14H,3-8H2,1-2H3,(H,21,22). The van der Waals surface area contributed by atoms with Gasteiger partial charge in [0, 0.05) is 19.3 Å². The summed E-state index contributed by atoms with van der Waals surface area (Å²) in [6.45, 7) is 1.96. The van der Waals surface area contributed by atoms with E-state index in [1.165, 1.54) is 0 Å². The van der Waals surface area contributed by atoms with Crippen LogP contribution in [0.2, 0.25) is 0 Å². The maximum Gasteiger partial charge on any atom is 0.326 e. The van der Waals surface area contributed by atoms with Crippen molar-refractivity contribution in [1.82, 2.24) is 14.7 Å². The second-order valence-electron chi connectivity index (χ2n) is 6.43. The van der Waals surface area contributed by atoms with E-state index in [0.717, 1.165) is 31.4 Å². The predicted octanol–water partition coefficient (Wildman–Crippen LogP) is 1.84. The Hall–Kier alpha value is -1.85. The van der Waals surface area contributed by atoms with Gasteiger partial charge in [0.2, 0.25) is 0 Å². The van der Waals surface area contributed by atoms with Crippen LogP contribution in [0.1, 0.15) is 55.1 Å².